The molecule has 1 heterocycles. The van der Waals surface area contributed by atoms with E-state index in [1.165, 1.54) is 18.3 Å². The Morgan fingerprint density at radius 1 is 1.45 bits per heavy atom. The van der Waals surface area contributed by atoms with Crippen molar-refractivity contribution in [2.24, 2.45) is 0 Å². The molecule has 0 bridgehead atoms. The summed E-state index contributed by atoms with van der Waals surface area (Å²) in [4.78, 5) is 15.1. The van der Waals surface area contributed by atoms with Gasteiger partial charge in [-0.25, -0.2) is 4.98 Å². The van der Waals surface area contributed by atoms with E-state index in [1.54, 1.807) is 6.08 Å². The highest BCUT2D eigenvalue weighted by molar-refractivity contribution is 5.92. The van der Waals surface area contributed by atoms with E-state index in [4.69, 9.17) is 0 Å². The first-order chi connectivity index (χ1) is 9.40. The first-order valence-electron chi connectivity index (χ1n) is 5.68. The zero-order valence-electron chi connectivity index (χ0n) is 10.5. The minimum Gasteiger partial charge on any atom is -0.468 e. The van der Waals surface area contributed by atoms with Gasteiger partial charge < -0.3 is 15.4 Å². The Morgan fingerprint density at radius 3 is 2.75 bits per heavy atom. The Labute approximate surface area is 113 Å². The molecule has 110 valence electrons. The van der Waals surface area contributed by atoms with Gasteiger partial charge in [-0.15, -0.1) is 6.58 Å². The van der Waals surface area contributed by atoms with Crippen LogP contribution in [0, 0.1) is 0 Å². The number of hydrogen-bond acceptors (Lipinski definition) is 4. The standard InChI is InChI=1S/C12H14F3N3O2/c1-2-5-16-7-10(19)18-9-3-4-11(17-6-9)20-8-12(13,14)15/h2-4,6,16H,1,5,7-8H2,(H,18,19). The van der Waals surface area contributed by atoms with Gasteiger partial charge in [-0.3, -0.25) is 4.79 Å². The number of aromatic nitrogens is 1. The Balaban J connectivity index is 2.42. The average Bonchev–Trinajstić information content (AvgIpc) is 2.37. The van der Waals surface area contributed by atoms with Crippen molar-refractivity contribution in [1.82, 2.24) is 10.3 Å². The first-order valence-corrected chi connectivity index (χ1v) is 5.68. The van der Waals surface area contributed by atoms with E-state index in [1.807, 2.05) is 0 Å². The molecule has 0 radical (unpaired) electrons. The average molecular weight is 289 g/mol. The second-order valence-electron chi connectivity index (χ2n) is 3.76. The lowest BCUT2D eigenvalue weighted by molar-refractivity contribution is -0.154. The number of carbonyl (C=O) groups is 1. The quantitative estimate of drug-likeness (QED) is 0.593. The van der Waals surface area contributed by atoms with Crippen molar-refractivity contribution < 1.29 is 22.7 Å². The predicted molar refractivity (Wildman–Crippen MR) is 67.5 cm³/mol. The van der Waals surface area contributed by atoms with Gasteiger partial charge in [0.25, 0.3) is 0 Å². The molecule has 0 saturated carbocycles. The van der Waals surface area contributed by atoms with Gasteiger partial charge in [-0.2, -0.15) is 13.2 Å². The molecule has 1 amide bonds. The van der Waals surface area contributed by atoms with Crippen LogP contribution < -0.4 is 15.4 Å². The van der Waals surface area contributed by atoms with Crippen molar-refractivity contribution in [3.05, 3.63) is 31.0 Å². The number of amides is 1. The zero-order chi connectivity index (χ0) is 15.0. The van der Waals surface area contributed by atoms with Gasteiger partial charge in [0, 0.05) is 12.6 Å². The van der Waals surface area contributed by atoms with Gasteiger partial charge >= 0.3 is 6.18 Å². The van der Waals surface area contributed by atoms with Crippen molar-refractivity contribution in [3.8, 4) is 5.88 Å². The van der Waals surface area contributed by atoms with Crippen LogP contribution in [0.5, 0.6) is 5.88 Å². The van der Waals surface area contributed by atoms with E-state index in [2.05, 4.69) is 26.9 Å². The SMILES string of the molecule is C=CCNCC(=O)Nc1ccc(OCC(F)(F)F)nc1. The highest BCUT2D eigenvalue weighted by Gasteiger charge is 2.28. The summed E-state index contributed by atoms with van der Waals surface area (Å²) in [5.41, 5.74) is 0.370. The third kappa shape index (κ3) is 6.74. The monoisotopic (exact) mass is 289 g/mol. The molecule has 1 aromatic rings. The Kier molecular flexibility index (Phi) is 5.98. The molecule has 0 saturated heterocycles. The molecule has 8 heteroatoms. The molecule has 0 aliphatic rings. The van der Waals surface area contributed by atoms with E-state index in [9.17, 15) is 18.0 Å². The van der Waals surface area contributed by atoms with Crippen molar-refractivity contribution in [1.29, 1.82) is 0 Å². The Hall–Kier alpha value is -2.09. The summed E-state index contributed by atoms with van der Waals surface area (Å²) in [6, 6.07) is 2.66. The highest BCUT2D eigenvalue weighted by atomic mass is 19.4. The lowest BCUT2D eigenvalue weighted by Crippen LogP contribution is -2.28. The predicted octanol–water partition coefficient (Wildman–Crippen LogP) is 1.74. The summed E-state index contributed by atoms with van der Waals surface area (Å²) in [7, 11) is 0. The molecule has 0 aromatic carbocycles. The number of nitrogens with zero attached hydrogens (tertiary/aromatic N) is 1. The maximum absolute atomic E-state index is 11.9. The number of halogens is 3. The fourth-order valence-corrected chi connectivity index (χ4v) is 1.19. The smallest absolute Gasteiger partial charge is 0.422 e. The first kappa shape index (κ1) is 16.0. The molecular formula is C12H14F3N3O2. The van der Waals surface area contributed by atoms with Gasteiger partial charge in [0.2, 0.25) is 11.8 Å². The van der Waals surface area contributed by atoms with Gasteiger partial charge in [-0.1, -0.05) is 6.08 Å². The van der Waals surface area contributed by atoms with Crippen molar-refractivity contribution in [3.63, 3.8) is 0 Å². The van der Waals surface area contributed by atoms with Crippen LogP contribution in [0.2, 0.25) is 0 Å². The van der Waals surface area contributed by atoms with Crippen LogP contribution in [-0.4, -0.2) is 36.8 Å². The molecule has 20 heavy (non-hydrogen) atoms. The fourth-order valence-electron chi connectivity index (χ4n) is 1.19. The molecule has 0 fully saturated rings. The number of ether oxygens (including phenoxy) is 1. The van der Waals surface area contributed by atoms with Crippen molar-refractivity contribution in [2.75, 3.05) is 25.0 Å². The van der Waals surface area contributed by atoms with Gasteiger partial charge in [-0.05, 0) is 6.07 Å². The number of pyridine rings is 1. The summed E-state index contributed by atoms with van der Waals surface area (Å²) in [5.74, 6) is -0.456. The summed E-state index contributed by atoms with van der Waals surface area (Å²) in [6.07, 6.45) is -1.58. The van der Waals surface area contributed by atoms with E-state index in [-0.39, 0.29) is 18.3 Å². The number of hydrogen-bond donors (Lipinski definition) is 2. The van der Waals surface area contributed by atoms with Gasteiger partial charge in [0.15, 0.2) is 6.61 Å². The maximum Gasteiger partial charge on any atom is 0.422 e. The second-order valence-corrected chi connectivity index (χ2v) is 3.76. The van der Waals surface area contributed by atoms with Crippen molar-refractivity contribution >= 4 is 11.6 Å². The van der Waals surface area contributed by atoms with E-state index >= 15 is 0 Å². The molecule has 0 unspecified atom stereocenters. The summed E-state index contributed by atoms with van der Waals surface area (Å²) in [6.45, 7) is 2.67. The van der Waals surface area contributed by atoms with E-state index in [0.717, 1.165) is 0 Å². The Morgan fingerprint density at radius 2 is 2.20 bits per heavy atom. The fraction of sp³-hybridized carbons (Fsp3) is 0.333. The van der Waals surface area contributed by atoms with Crippen LogP contribution in [0.1, 0.15) is 0 Å². The van der Waals surface area contributed by atoms with Crippen LogP contribution in [-0.2, 0) is 4.79 Å². The summed E-state index contributed by atoms with van der Waals surface area (Å²) >= 11 is 0. The maximum atomic E-state index is 11.9. The number of rotatable bonds is 7. The second kappa shape index (κ2) is 7.49. The summed E-state index contributed by atoms with van der Waals surface area (Å²) < 4.78 is 40.2. The van der Waals surface area contributed by atoms with Crippen LogP contribution >= 0.6 is 0 Å². The molecule has 5 nitrogen and oxygen atoms in total. The zero-order valence-corrected chi connectivity index (χ0v) is 10.5. The molecule has 0 aliphatic carbocycles. The van der Waals surface area contributed by atoms with E-state index in [0.29, 0.717) is 12.2 Å². The number of carbonyl (C=O) groups excluding carboxylic acids is 1. The number of alkyl halides is 3. The topological polar surface area (TPSA) is 63.2 Å². The molecule has 1 rings (SSSR count). The molecule has 0 atom stereocenters. The van der Waals surface area contributed by atoms with Crippen LogP contribution in [0.15, 0.2) is 31.0 Å². The molecule has 1 aromatic heterocycles. The number of nitrogens with one attached hydrogen (secondary N) is 2. The Bertz CT molecular complexity index is 446. The third-order valence-electron chi connectivity index (χ3n) is 1.98. The van der Waals surface area contributed by atoms with Crippen molar-refractivity contribution in [2.45, 2.75) is 6.18 Å². The van der Waals surface area contributed by atoms with Crippen LogP contribution in [0.4, 0.5) is 18.9 Å². The lowest BCUT2D eigenvalue weighted by Gasteiger charge is -2.09. The molecular weight excluding hydrogens is 275 g/mol. The summed E-state index contributed by atoms with van der Waals surface area (Å²) in [5, 5.41) is 5.33. The van der Waals surface area contributed by atoms with Gasteiger partial charge in [0.1, 0.15) is 0 Å². The van der Waals surface area contributed by atoms with Gasteiger partial charge in [0.05, 0.1) is 18.4 Å². The minimum atomic E-state index is -4.41. The highest BCUT2D eigenvalue weighted by Crippen LogP contribution is 2.17. The van der Waals surface area contributed by atoms with E-state index < -0.39 is 12.8 Å². The molecule has 2 N–H and O–H groups in total. The normalized spacial score (nSPS) is 10.9. The largest absolute Gasteiger partial charge is 0.468 e. The van der Waals surface area contributed by atoms with Crippen LogP contribution in [0.25, 0.3) is 0 Å². The third-order valence-corrected chi connectivity index (χ3v) is 1.98. The molecule has 0 spiro atoms. The van der Waals surface area contributed by atoms with Crippen LogP contribution in [0.3, 0.4) is 0 Å². The number of anilines is 1. The lowest BCUT2D eigenvalue weighted by atomic mass is 10.4. The minimum absolute atomic E-state index is 0.0956. The molecule has 0 aliphatic heterocycles.